The second-order valence-corrected chi connectivity index (χ2v) is 5.35. The van der Waals surface area contributed by atoms with Gasteiger partial charge in [-0.25, -0.2) is 4.79 Å². The van der Waals surface area contributed by atoms with Gasteiger partial charge in [-0.3, -0.25) is 4.79 Å². The van der Waals surface area contributed by atoms with Crippen molar-refractivity contribution in [2.75, 3.05) is 12.4 Å². The molecule has 0 bridgehead atoms. The van der Waals surface area contributed by atoms with Crippen LogP contribution in [0.5, 0.6) is 5.75 Å². The molecule has 0 saturated carbocycles. The molecule has 0 aromatic heterocycles. The highest BCUT2D eigenvalue weighted by Gasteiger charge is 2.30. The Bertz CT molecular complexity index is 805. The Morgan fingerprint density at radius 3 is 2.42 bits per heavy atom. The molecule has 0 heterocycles. The first-order valence-electron chi connectivity index (χ1n) is 7.54. The quantitative estimate of drug-likeness (QED) is 0.814. The minimum absolute atomic E-state index is 0.0471. The van der Waals surface area contributed by atoms with Crippen LogP contribution in [-0.4, -0.2) is 25.1 Å². The number of carbonyl (C=O) groups is 2. The van der Waals surface area contributed by atoms with E-state index in [1.165, 1.54) is 38.3 Å². The van der Waals surface area contributed by atoms with Crippen LogP contribution in [0.1, 0.15) is 22.8 Å². The molecular weight excluding hydrogens is 351 g/mol. The number of benzene rings is 2. The summed E-state index contributed by atoms with van der Waals surface area (Å²) in [5.41, 5.74) is -0.756. The number of hydrogen-bond donors (Lipinski definition) is 1. The summed E-state index contributed by atoms with van der Waals surface area (Å²) in [6, 6.07) is 10.3. The number of esters is 1. The van der Waals surface area contributed by atoms with Gasteiger partial charge in [0.15, 0.2) is 6.10 Å². The van der Waals surface area contributed by atoms with Crippen LogP contribution >= 0.6 is 0 Å². The number of alkyl halides is 3. The molecule has 1 amide bonds. The lowest BCUT2D eigenvalue weighted by molar-refractivity contribution is -0.137. The summed E-state index contributed by atoms with van der Waals surface area (Å²) in [4.78, 5) is 24.1. The molecule has 26 heavy (non-hydrogen) atoms. The maximum absolute atomic E-state index is 12.7. The van der Waals surface area contributed by atoms with Crippen LogP contribution in [0.4, 0.5) is 18.9 Å². The molecule has 1 N–H and O–H groups in total. The van der Waals surface area contributed by atoms with Crippen LogP contribution in [-0.2, 0) is 15.7 Å². The smallest absolute Gasteiger partial charge is 0.416 e. The van der Waals surface area contributed by atoms with Crippen LogP contribution in [0.25, 0.3) is 0 Å². The second kappa shape index (κ2) is 7.90. The van der Waals surface area contributed by atoms with E-state index in [-0.39, 0.29) is 11.3 Å². The van der Waals surface area contributed by atoms with E-state index in [0.29, 0.717) is 5.75 Å². The lowest BCUT2D eigenvalue weighted by Crippen LogP contribution is -2.30. The Labute approximate surface area is 147 Å². The molecule has 0 saturated heterocycles. The van der Waals surface area contributed by atoms with Crippen molar-refractivity contribution in [1.82, 2.24) is 0 Å². The first-order valence-corrected chi connectivity index (χ1v) is 7.54. The molecule has 138 valence electrons. The van der Waals surface area contributed by atoms with E-state index in [1.54, 1.807) is 12.1 Å². The molecule has 8 heteroatoms. The third-order valence-electron chi connectivity index (χ3n) is 3.42. The Morgan fingerprint density at radius 1 is 1.08 bits per heavy atom. The fourth-order valence-electron chi connectivity index (χ4n) is 2.05. The van der Waals surface area contributed by atoms with Crippen molar-refractivity contribution < 1.29 is 32.2 Å². The van der Waals surface area contributed by atoms with Gasteiger partial charge in [0.25, 0.3) is 5.91 Å². The van der Waals surface area contributed by atoms with E-state index in [9.17, 15) is 22.8 Å². The highest BCUT2D eigenvalue weighted by atomic mass is 19.4. The summed E-state index contributed by atoms with van der Waals surface area (Å²) >= 11 is 0. The summed E-state index contributed by atoms with van der Waals surface area (Å²) in [6.07, 6.45) is -5.73. The fraction of sp³-hybridized carbons (Fsp3) is 0.222. The fourth-order valence-corrected chi connectivity index (χ4v) is 2.05. The van der Waals surface area contributed by atoms with Gasteiger partial charge in [0.2, 0.25) is 0 Å². The van der Waals surface area contributed by atoms with Crippen LogP contribution in [0, 0.1) is 0 Å². The van der Waals surface area contributed by atoms with Gasteiger partial charge in [0, 0.05) is 5.69 Å². The number of amides is 1. The van der Waals surface area contributed by atoms with Gasteiger partial charge in [-0.15, -0.1) is 0 Å². The van der Waals surface area contributed by atoms with E-state index in [0.717, 1.165) is 12.1 Å². The summed E-state index contributed by atoms with van der Waals surface area (Å²) in [5, 5.41) is 2.29. The normalized spacial score (nSPS) is 12.2. The third kappa shape index (κ3) is 4.98. The molecule has 0 fully saturated rings. The molecule has 1 atom stereocenters. The van der Waals surface area contributed by atoms with Crippen molar-refractivity contribution in [1.29, 1.82) is 0 Å². The first kappa shape index (κ1) is 19.3. The molecule has 2 rings (SSSR count). The van der Waals surface area contributed by atoms with E-state index in [1.807, 2.05) is 0 Å². The standard InChI is InChI=1S/C18H16F3NO4/c1-11(26-17(24)12-5-3-8-15(9-12)25-2)16(23)22-14-7-4-6-13(10-14)18(19,20)21/h3-11H,1-2H3,(H,22,23). The van der Waals surface area contributed by atoms with Crippen molar-refractivity contribution in [3.63, 3.8) is 0 Å². The minimum Gasteiger partial charge on any atom is -0.497 e. The zero-order valence-corrected chi connectivity index (χ0v) is 14.0. The van der Waals surface area contributed by atoms with Crippen molar-refractivity contribution in [2.45, 2.75) is 19.2 Å². The zero-order valence-electron chi connectivity index (χ0n) is 14.0. The van der Waals surface area contributed by atoms with E-state index in [2.05, 4.69) is 5.32 Å². The number of carbonyl (C=O) groups excluding carboxylic acids is 2. The Morgan fingerprint density at radius 2 is 1.77 bits per heavy atom. The molecular formula is C18H16F3NO4. The summed E-state index contributed by atoms with van der Waals surface area (Å²) in [7, 11) is 1.44. The molecule has 1 unspecified atom stereocenters. The van der Waals surface area contributed by atoms with Crippen molar-refractivity contribution in [3.8, 4) is 5.75 Å². The average Bonchev–Trinajstić information content (AvgIpc) is 2.61. The lowest BCUT2D eigenvalue weighted by Gasteiger charge is -2.15. The van der Waals surface area contributed by atoms with Gasteiger partial charge in [0.1, 0.15) is 5.75 Å². The molecule has 0 aliphatic rings. The third-order valence-corrected chi connectivity index (χ3v) is 3.42. The van der Waals surface area contributed by atoms with Gasteiger partial charge in [-0.2, -0.15) is 13.2 Å². The largest absolute Gasteiger partial charge is 0.497 e. The number of nitrogens with one attached hydrogen (secondary N) is 1. The highest BCUT2D eigenvalue weighted by molar-refractivity contribution is 5.97. The minimum atomic E-state index is -4.52. The Kier molecular flexibility index (Phi) is 5.86. The summed E-state index contributed by atoms with van der Waals surface area (Å²) in [5.74, 6) is -1.06. The molecule has 2 aromatic carbocycles. The molecule has 0 aliphatic heterocycles. The topological polar surface area (TPSA) is 64.6 Å². The SMILES string of the molecule is COc1cccc(C(=O)OC(C)C(=O)Nc2cccc(C(F)(F)F)c2)c1. The van der Waals surface area contributed by atoms with E-state index < -0.39 is 29.7 Å². The molecule has 0 radical (unpaired) electrons. The molecule has 2 aromatic rings. The molecule has 0 spiro atoms. The average molecular weight is 367 g/mol. The van der Waals surface area contributed by atoms with E-state index in [4.69, 9.17) is 9.47 Å². The first-order chi connectivity index (χ1) is 12.2. The van der Waals surface area contributed by atoms with Gasteiger partial charge < -0.3 is 14.8 Å². The summed E-state index contributed by atoms with van der Waals surface area (Å²) < 4.78 is 48.1. The van der Waals surface area contributed by atoms with Crippen molar-refractivity contribution in [3.05, 3.63) is 59.7 Å². The number of halogens is 3. The van der Waals surface area contributed by atoms with Gasteiger partial charge in [0.05, 0.1) is 18.2 Å². The summed E-state index contributed by atoms with van der Waals surface area (Å²) in [6.45, 7) is 1.32. The number of anilines is 1. The lowest BCUT2D eigenvalue weighted by atomic mass is 10.2. The van der Waals surface area contributed by atoms with E-state index >= 15 is 0 Å². The highest BCUT2D eigenvalue weighted by Crippen LogP contribution is 2.30. The van der Waals surface area contributed by atoms with Crippen LogP contribution in [0.2, 0.25) is 0 Å². The Hall–Kier alpha value is -3.03. The Balaban J connectivity index is 2.02. The van der Waals surface area contributed by atoms with Crippen molar-refractivity contribution in [2.24, 2.45) is 0 Å². The number of hydrogen-bond acceptors (Lipinski definition) is 4. The number of methoxy groups -OCH3 is 1. The van der Waals surface area contributed by atoms with Gasteiger partial charge in [-0.1, -0.05) is 12.1 Å². The monoisotopic (exact) mass is 367 g/mol. The zero-order chi connectivity index (χ0) is 19.3. The van der Waals surface area contributed by atoms with Crippen molar-refractivity contribution >= 4 is 17.6 Å². The van der Waals surface area contributed by atoms with Crippen LogP contribution in [0.3, 0.4) is 0 Å². The maximum atomic E-state index is 12.7. The second-order valence-electron chi connectivity index (χ2n) is 5.35. The number of ether oxygens (including phenoxy) is 2. The predicted octanol–water partition coefficient (Wildman–Crippen LogP) is 3.90. The molecule has 5 nitrogen and oxygen atoms in total. The van der Waals surface area contributed by atoms with Gasteiger partial charge >= 0.3 is 12.1 Å². The van der Waals surface area contributed by atoms with Crippen LogP contribution in [0.15, 0.2) is 48.5 Å². The van der Waals surface area contributed by atoms with Crippen LogP contribution < -0.4 is 10.1 Å². The predicted molar refractivity (Wildman–Crippen MR) is 87.9 cm³/mol. The molecule has 0 aliphatic carbocycles. The number of rotatable bonds is 5. The van der Waals surface area contributed by atoms with Gasteiger partial charge in [-0.05, 0) is 43.3 Å². The maximum Gasteiger partial charge on any atom is 0.416 e.